The lowest BCUT2D eigenvalue weighted by atomic mass is 9.95. The zero-order valence-corrected chi connectivity index (χ0v) is 19.4. The molecule has 1 amide bonds. The number of unbranched alkanes of at least 4 members (excludes halogenated alkanes) is 1. The average Bonchev–Trinajstić information content (AvgIpc) is 3.03. The molecule has 1 fully saturated rings. The van der Waals surface area contributed by atoms with E-state index in [9.17, 15) is 14.7 Å². The van der Waals surface area contributed by atoms with Crippen LogP contribution in [0.15, 0.2) is 54.1 Å². The van der Waals surface area contributed by atoms with Gasteiger partial charge in [-0.2, -0.15) is 0 Å². The molecule has 0 spiro atoms. The summed E-state index contributed by atoms with van der Waals surface area (Å²) in [6.45, 7) is 3.58. The van der Waals surface area contributed by atoms with E-state index in [0.29, 0.717) is 41.6 Å². The quantitative estimate of drug-likeness (QED) is 0.260. The van der Waals surface area contributed by atoms with Gasteiger partial charge >= 0.3 is 0 Å². The highest BCUT2D eigenvalue weighted by Crippen LogP contribution is 2.39. The fourth-order valence-electron chi connectivity index (χ4n) is 3.63. The smallest absolute Gasteiger partial charge is 0.295 e. The number of carbonyl (C=O) groups is 2. The van der Waals surface area contributed by atoms with Gasteiger partial charge in [0.05, 0.1) is 18.2 Å². The maximum absolute atomic E-state index is 13.0. The Balaban J connectivity index is 2.05. The minimum Gasteiger partial charge on any atom is -0.507 e. The first-order valence-corrected chi connectivity index (χ1v) is 11.1. The number of halogens is 1. The van der Waals surface area contributed by atoms with Gasteiger partial charge in [-0.05, 0) is 50.3 Å². The van der Waals surface area contributed by atoms with Crippen molar-refractivity contribution in [2.45, 2.75) is 25.8 Å². The first-order valence-electron chi connectivity index (χ1n) is 10.7. The van der Waals surface area contributed by atoms with Crippen LogP contribution in [0.4, 0.5) is 0 Å². The summed E-state index contributed by atoms with van der Waals surface area (Å²) < 4.78 is 5.74. The second-order valence-corrected chi connectivity index (χ2v) is 8.51. The average molecular weight is 457 g/mol. The van der Waals surface area contributed by atoms with Crippen LogP contribution in [0.1, 0.15) is 36.9 Å². The number of ether oxygens (including phenoxy) is 1. The van der Waals surface area contributed by atoms with E-state index in [4.69, 9.17) is 16.3 Å². The molecular weight excluding hydrogens is 428 g/mol. The van der Waals surface area contributed by atoms with Gasteiger partial charge in [0.1, 0.15) is 11.5 Å². The summed E-state index contributed by atoms with van der Waals surface area (Å²) in [6.07, 6.45) is 1.93. The number of Topliss-reactive ketones (excluding diaryl/α,β-unsaturated/α-hetero) is 1. The maximum Gasteiger partial charge on any atom is 0.295 e. The zero-order valence-electron chi connectivity index (χ0n) is 18.7. The monoisotopic (exact) mass is 456 g/mol. The van der Waals surface area contributed by atoms with Crippen molar-refractivity contribution < 1.29 is 19.4 Å². The minimum absolute atomic E-state index is 0.0711. The lowest BCUT2D eigenvalue weighted by Crippen LogP contribution is -2.35. The number of hydrogen-bond donors (Lipinski definition) is 1. The Kier molecular flexibility index (Phi) is 7.94. The molecule has 1 unspecified atom stereocenters. The third-order valence-corrected chi connectivity index (χ3v) is 5.64. The maximum atomic E-state index is 13.0. The topological polar surface area (TPSA) is 70.1 Å². The normalized spacial score (nSPS) is 17.9. The molecule has 7 heteroatoms. The van der Waals surface area contributed by atoms with Crippen molar-refractivity contribution in [1.29, 1.82) is 0 Å². The largest absolute Gasteiger partial charge is 0.507 e. The molecule has 1 atom stereocenters. The summed E-state index contributed by atoms with van der Waals surface area (Å²) in [7, 11) is 3.80. The van der Waals surface area contributed by atoms with Gasteiger partial charge in [0.2, 0.25) is 0 Å². The number of benzene rings is 2. The highest BCUT2D eigenvalue weighted by molar-refractivity contribution is 6.46. The molecule has 1 heterocycles. The molecule has 1 saturated heterocycles. The fraction of sp³-hybridized carbons (Fsp3) is 0.360. The predicted octanol–water partition coefficient (Wildman–Crippen LogP) is 4.50. The summed E-state index contributed by atoms with van der Waals surface area (Å²) in [5, 5.41) is 11.7. The van der Waals surface area contributed by atoms with E-state index in [1.165, 1.54) is 4.90 Å². The molecule has 1 N–H and O–H groups in total. The molecule has 0 aliphatic carbocycles. The number of hydrogen-bond acceptors (Lipinski definition) is 5. The number of likely N-dealkylation sites (N-methyl/N-ethyl adjacent to an activating group) is 1. The number of aliphatic hydroxyl groups excluding tert-OH is 1. The van der Waals surface area contributed by atoms with Crippen LogP contribution < -0.4 is 4.74 Å². The standard InChI is InChI=1S/C25H29ClN2O4/c1-4-5-15-32-20-8-6-7-18(16-20)23(29)21-22(17-9-11-19(26)12-10-17)28(14-13-27(2)3)25(31)24(21)30/h6-12,16,22,29H,4-5,13-15H2,1-3H3. The van der Waals surface area contributed by atoms with Crippen molar-refractivity contribution in [2.24, 2.45) is 0 Å². The number of carbonyl (C=O) groups excluding carboxylic acids is 2. The van der Waals surface area contributed by atoms with E-state index >= 15 is 0 Å². The van der Waals surface area contributed by atoms with Gasteiger partial charge in [-0.1, -0.05) is 49.2 Å². The van der Waals surface area contributed by atoms with Crippen molar-refractivity contribution in [3.8, 4) is 5.75 Å². The van der Waals surface area contributed by atoms with Gasteiger partial charge < -0.3 is 19.6 Å². The van der Waals surface area contributed by atoms with Gasteiger partial charge in [0, 0.05) is 23.7 Å². The SMILES string of the molecule is CCCCOc1cccc(C(O)=C2C(=O)C(=O)N(CCN(C)C)C2c2ccc(Cl)cc2)c1. The van der Waals surface area contributed by atoms with E-state index in [0.717, 1.165) is 12.8 Å². The molecule has 2 aromatic rings. The summed E-state index contributed by atoms with van der Waals surface area (Å²) in [4.78, 5) is 29.4. The third-order valence-electron chi connectivity index (χ3n) is 5.39. The van der Waals surface area contributed by atoms with Crippen LogP contribution in [0.3, 0.4) is 0 Å². The predicted molar refractivity (Wildman–Crippen MR) is 126 cm³/mol. The van der Waals surface area contributed by atoms with Gasteiger partial charge in [0.25, 0.3) is 11.7 Å². The van der Waals surface area contributed by atoms with Crippen molar-refractivity contribution in [1.82, 2.24) is 9.80 Å². The Bertz CT molecular complexity index is 1000. The van der Waals surface area contributed by atoms with E-state index in [1.807, 2.05) is 19.0 Å². The molecule has 1 aliphatic rings. The third kappa shape index (κ3) is 5.31. The Morgan fingerprint density at radius 3 is 2.53 bits per heavy atom. The van der Waals surface area contributed by atoms with Crippen LogP contribution in [-0.4, -0.2) is 60.4 Å². The van der Waals surface area contributed by atoms with Crippen molar-refractivity contribution in [3.63, 3.8) is 0 Å². The molecule has 0 radical (unpaired) electrons. The van der Waals surface area contributed by atoms with E-state index in [-0.39, 0.29) is 11.3 Å². The Morgan fingerprint density at radius 2 is 1.88 bits per heavy atom. The molecule has 0 bridgehead atoms. The van der Waals surface area contributed by atoms with Crippen molar-refractivity contribution in [2.75, 3.05) is 33.8 Å². The Labute approximate surface area is 194 Å². The van der Waals surface area contributed by atoms with Crippen LogP contribution in [-0.2, 0) is 9.59 Å². The number of rotatable bonds is 9. The number of likely N-dealkylation sites (tertiary alicyclic amines) is 1. The number of amides is 1. The summed E-state index contributed by atoms with van der Waals surface area (Å²) >= 11 is 6.05. The molecule has 3 rings (SSSR count). The van der Waals surface area contributed by atoms with E-state index in [2.05, 4.69) is 6.92 Å². The molecule has 6 nitrogen and oxygen atoms in total. The minimum atomic E-state index is -0.697. The molecular formula is C25H29ClN2O4. The summed E-state index contributed by atoms with van der Waals surface area (Å²) in [5.41, 5.74) is 1.22. The number of ketones is 1. The van der Waals surface area contributed by atoms with Gasteiger partial charge in [-0.15, -0.1) is 0 Å². The van der Waals surface area contributed by atoms with Crippen molar-refractivity contribution in [3.05, 3.63) is 70.3 Å². The Morgan fingerprint density at radius 1 is 1.16 bits per heavy atom. The highest BCUT2D eigenvalue weighted by Gasteiger charge is 2.45. The van der Waals surface area contributed by atoms with E-state index in [1.54, 1.807) is 48.5 Å². The molecule has 0 aromatic heterocycles. The first-order chi connectivity index (χ1) is 15.3. The van der Waals surface area contributed by atoms with E-state index < -0.39 is 17.7 Å². The summed E-state index contributed by atoms with van der Waals surface area (Å²) in [6, 6.07) is 13.2. The van der Waals surface area contributed by atoms with Crippen molar-refractivity contribution >= 4 is 29.1 Å². The fourth-order valence-corrected chi connectivity index (χ4v) is 3.76. The molecule has 170 valence electrons. The lowest BCUT2D eigenvalue weighted by molar-refractivity contribution is -0.140. The first kappa shape index (κ1) is 23.8. The second-order valence-electron chi connectivity index (χ2n) is 8.08. The molecule has 0 saturated carbocycles. The Hall–Kier alpha value is -2.83. The number of nitrogens with zero attached hydrogens (tertiary/aromatic N) is 2. The molecule has 32 heavy (non-hydrogen) atoms. The zero-order chi connectivity index (χ0) is 23.3. The molecule has 1 aliphatic heterocycles. The van der Waals surface area contributed by atoms with Crippen LogP contribution in [0.5, 0.6) is 5.75 Å². The highest BCUT2D eigenvalue weighted by atomic mass is 35.5. The van der Waals surface area contributed by atoms with Crippen LogP contribution in [0.2, 0.25) is 5.02 Å². The van der Waals surface area contributed by atoms with Crippen LogP contribution in [0.25, 0.3) is 5.76 Å². The molecule has 2 aromatic carbocycles. The van der Waals surface area contributed by atoms with Gasteiger partial charge in [0.15, 0.2) is 0 Å². The van der Waals surface area contributed by atoms with Crippen LogP contribution in [0, 0.1) is 0 Å². The second kappa shape index (κ2) is 10.7. The number of aliphatic hydroxyl groups is 1. The van der Waals surface area contributed by atoms with Gasteiger partial charge in [-0.25, -0.2) is 0 Å². The van der Waals surface area contributed by atoms with Crippen LogP contribution >= 0.6 is 11.6 Å². The van der Waals surface area contributed by atoms with Gasteiger partial charge in [-0.3, -0.25) is 9.59 Å². The lowest BCUT2D eigenvalue weighted by Gasteiger charge is -2.26. The summed E-state index contributed by atoms with van der Waals surface area (Å²) in [5.74, 6) is -0.925.